The van der Waals surface area contributed by atoms with Crippen molar-refractivity contribution in [3.63, 3.8) is 0 Å². The minimum Gasteiger partial charge on any atom is -0.379 e. The third-order valence-electron chi connectivity index (χ3n) is 5.95. The van der Waals surface area contributed by atoms with Crippen molar-refractivity contribution in [2.75, 3.05) is 37.4 Å². The first-order chi connectivity index (χ1) is 16.2. The lowest BCUT2D eigenvalue weighted by atomic mass is 10.2. The third-order valence-corrected chi connectivity index (χ3v) is 6.92. The van der Waals surface area contributed by atoms with Crippen molar-refractivity contribution in [2.45, 2.75) is 37.0 Å². The molecule has 0 radical (unpaired) electrons. The smallest absolute Gasteiger partial charge is 0.234 e. The van der Waals surface area contributed by atoms with Crippen molar-refractivity contribution in [1.82, 2.24) is 19.7 Å². The second-order valence-electron chi connectivity index (χ2n) is 8.61. The van der Waals surface area contributed by atoms with Gasteiger partial charge in [-0.3, -0.25) is 9.69 Å². The molecule has 1 aliphatic carbocycles. The fourth-order valence-electron chi connectivity index (χ4n) is 4.00. The molecule has 0 bridgehead atoms. The lowest BCUT2D eigenvalue weighted by Crippen LogP contribution is -2.35. The van der Waals surface area contributed by atoms with Gasteiger partial charge in [-0.1, -0.05) is 54.2 Å². The van der Waals surface area contributed by atoms with E-state index in [9.17, 15) is 4.79 Å². The molecule has 3 aromatic rings. The number of hydrogen-bond acceptors (Lipinski definition) is 6. The van der Waals surface area contributed by atoms with Gasteiger partial charge < -0.3 is 14.6 Å². The fraction of sp³-hybridized carbons (Fsp3) is 0.400. The molecule has 5 rings (SSSR count). The maximum Gasteiger partial charge on any atom is 0.234 e. The summed E-state index contributed by atoms with van der Waals surface area (Å²) < 4.78 is 7.58. The molecule has 1 amide bonds. The molecular formula is C25H29N5O2S. The number of anilines is 1. The van der Waals surface area contributed by atoms with Gasteiger partial charge in [-0.2, -0.15) is 0 Å². The van der Waals surface area contributed by atoms with Crippen molar-refractivity contribution in [1.29, 1.82) is 0 Å². The number of hydrogen-bond donors (Lipinski definition) is 1. The Morgan fingerprint density at radius 3 is 2.42 bits per heavy atom. The summed E-state index contributed by atoms with van der Waals surface area (Å²) in [5.74, 6) is 1.80. The van der Waals surface area contributed by atoms with Gasteiger partial charge in [0.1, 0.15) is 5.82 Å². The summed E-state index contributed by atoms with van der Waals surface area (Å²) in [6, 6.07) is 18.4. The number of aromatic nitrogens is 3. The van der Waals surface area contributed by atoms with Crippen LogP contribution < -0.4 is 5.32 Å². The predicted octanol–water partition coefficient (Wildman–Crippen LogP) is 3.77. The Morgan fingerprint density at radius 2 is 1.70 bits per heavy atom. The zero-order chi connectivity index (χ0) is 22.5. The normalized spacial score (nSPS) is 16.6. The zero-order valence-corrected chi connectivity index (χ0v) is 19.5. The van der Waals surface area contributed by atoms with Crippen molar-refractivity contribution < 1.29 is 9.53 Å². The maximum absolute atomic E-state index is 12.6. The van der Waals surface area contributed by atoms with Crippen LogP contribution in [0, 0.1) is 0 Å². The molecule has 0 atom stereocenters. The van der Waals surface area contributed by atoms with Crippen LogP contribution in [0.5, 0.6) is 0 Å². The lowest BCUT2D eigenvalue weighted by Gasteiger charge is -2.26. The van der Waals surface area contributed by atoms with E-state index in [1.54, 1.807) is 0 Å². The van der Waals surface area contributed by atoms with Gasteiger partial charge in [-0.15, -0.1) is 10.2 Å². The van der Waals surface area contributed by atoms with E-state index < -0.39 is 0 Å². The van der Waals surface area contributed by atoms with Crippen molar-refractivity contribution >= 4 is 23.4 Å². The number of carbonyl (C=O) groups excluding carboxylic acids is 1. The third kappa shape index (κ3) is 6.01. The zero-order valence-electron chi connectivity index (χ0n) is 18.7. The number of ether oxygens (including phenoxy) is 1. The second-order valence-corrected chi connectivity index (χ2v) is 9.55. The van der Waals surface area contributed by atoms with Gasteiger partial charge in [-0.05, 0) is 36.1 Å². The molecular weight excluding hydrogens is 434 g/mol. The number of amides is 1. The maximum atomic E-state index is 12.6. The van der Waals surface area contributed by atoms with Crippen LogP contribution in [-0.4, -0.2) is 57.6 Å². The molecule has 1 N–H and O–H groups in total. The van der Waals surface area contributed by atoms with Crippen LogP contribution in [0.3, 0.4) is 0 Å². The predicted molar refractivity (Wildman–Crippen MR) is 129 cm³/mol. The molecule has 2 aliphatic rings. The molecule has 0 unspecified atom stereocenters. The van der Waals surface area contributed by atoms with Crippen LogP contribution in [0.4, 0.5) is 5.69 Å². The molecule has 1 aliphatic heterocycles. The fourth-order valence-corrected chi connectivity index (χ4v) is 4.75. The molecule has 172 valence electrons. The van der Waals surface area contributed by atoms with E-state index in [1.807, 2.05) is 30.3 Å². The first-order valence-electron chi connectivity index (χ1n) is 11.5. The first kappa shape index (κ1) is 22.1. The number of morpholine rings is 1. The van der Waals surface area contributed by atoms with Crippen LogP contribution in [0.2, 0.25) is 0 Å². The van der Waals surface area contributed by atoms with E-state index in [2.05, 4.69) is 49.2 Å². The Labute approximate surface area is 198 Å². The second kappa shape index (κ2) is 10.5. The largest absolute Gasteiger partial charge is 0.379 e. The standard InChI is InChI=1S/C25H29N5O2S/c31-23(26-22-10-6-20(7-11-22)16-29-12-14-32-15-13-29)18-33-25-28-27-24(21-8-9-21)30(25)17-19-4-2-1-3-5-19/h1-7,10-11,21H,8-9,12-18H2,(H,26,31). The molecule has 1 saturated carbocycles. The van der Waals surface area contributed by atoms with Crippen LogP contribution in [0.1, 0.15) is 35.7 Å². The number of nitrogens with one attached hydrogen (secondary N) is 1. The molecule has 8 heteroatoms. The highest BCUT2D eigenvalue weighted by Crippen LogP contribution is 2.40. The van der Waals surface area contributed by atoms with Crippen molar-refractivity contribution in [2.24, 2.45) is 0 Å². The number of benzene rings is 2. The number of nitrogens with zero attached hydrogens (tertiary/aromatic N) is 4. The number of thioether (sulfide) groups is 1. The molecule has 7 nitrogen and oxygen atoms in total. The van der Waals surface area contributed by atoms with Gasteiger partial charge in [0.25, 0.3) is 0 Å². The molecule has 1 aromatic heterocycles. The van der Waals surface area contributed by atoms with Crippen LogP contribution in [0.15, 0.2) is 59.8 Å². The Morgan fingerprint density at radius 1 is 0.970 bits per heavy atom. The monoisotopic (exact) mass is 463 g/mol. The highest BCUT2D eigenvalue weighted by molar-refractivity contribution is 7.99. The molecule has 2 aromatic carbocycles. The average Bonchev–Trinajstić information content (AvgIpc) is 3.62. The Balaban J connectivity index is 1.16. The highest BCUT2D eigenvalue weighted by atomic mass is 32.2. The van der Waals surface area contributed by atoms with Crippen LogP contribution >= 0.6 is 11.8 Å². The molecule has 1 saturated heterocycles. The Bertz CT molecular complexity index is 1060. The van der Waals surface area contributed by atoms with Crippen LogP contribution in [0.25, 0.3) is 0 Å². The van der Waals surface area contributed by atoms with E-state index in [0.717, 1.165) is 56.1 Å². The summed E-state index contributed by atoms with van der Waals surface area (Å²) in [5, 5.41) is 12.7. The summed E-state index contributed by atoms with van der Waals surface area (Å²) in [6.45, 7) is 5.17. The Hall–Kier alpha value is -2.68. The molecule has 33 heavy (non-hydrogen) atoms. The highest BCUT2D eigenvalue weighted by Gasteiger charge is 2.30. The Kier molecular flexibility index (Phi) is 7.04. The lowest BCUT2D eigenvalue weighted by molar-refractivity contribution is -0.113. The summed E-state index contributed by atoms with van der Waals surface area (Å²) in [7, 11) is 0. The van der Waals surface area contributed by atoms with E-state index in [4.69, 9.17) is 4.74 Å². The number of rotatable bonds is 9. The number of carbonyl (C=O) groups is 1. The summed E-state index contributed by atoms with van der Waals surface area (Å²) in [5.41, 5.74) is 3.27. The van der Waals surface area contributed by atoms with E-state index in [0.29, 0.717) is 11.7 Å². The van der Waals surface area contributed by atoms with E-state index >= 15 is 0 Å². The van der Waals surface area contributed by atoms with Gasteiger partial charge in [0.2, 0.25) is 5.91 Å². The van der Waals surface area contributed by atoms with Gasteiger partial charge in [0, 0.05) is 31.2 Å². The molecule has 2 heterocycles. The van der Waals surface area contributed by atoms with E-state index in [1.165, 1.54) is 35.7 Å². The summed E-state index contributed by atoms with van der Waals surface area (Å²) in [4.78, 5) is 15.0. The molecule has 2 fully saturated rings. The van der Waals surface area contributed by atoms with E-state index in [-0.39, 0.29) is 5.91 Å². The minimum absolute atomic E-state index is 0.0387. The summed E-state index contributed by atoms with van der Waals surface area (Å²) >= 11 is 1.44. The van der Waals surface area contributed by atoms with Gasteiger partial charge >= 0.3 is 0 Å². The topological polar surface area (TPSA) is 72.3 Å². The summed E-state index contributed by atoms with van der Waals surface area (Å²) in [6.07, 6.45) is 2.33. The SMILES string of the molecule is O=C(CSc1nnc(C2CC2)n1Cc1ccccc1)Nc1ccc(CN2CCOCC2)cc1. The van der Waals surface area contributed by atoms with Crippen LogP contribution in [-0.2, 0) is 22.6 Å². The van der Waals surface area contributed by atoms with Gasteiger partial charge in [0.15, 0.2) is 5.16 Å². The van der Waals surface area contributed by atoms with Crippen molar-refractivity contribution in [3.8, 4) is 0 Å². The minimum atomic E-state index is -0.0387. The quantitative estimate of drug-likeness (QED) is 0.487. The first-order valence-corrected chi connectivity index (χ1v) is 12.5. The van der Waals surface area contributed by atoms with Gasteiger partial charge in [-0.25, -0.2) is 0 Å². The van der Waals surface area contributed by atoms with Crippen molar-refractivity contribution in [3.05, 3.63) is 71.5 Å². The average molecular weight is 464 g/mol. The van der Waals surface area contributed by atoms with Gasteiger partial charge in [0.05, 0.1) is 25.5 Å². The molecule has 0 spiro atoms.